The lowest BCUT2D eigenvalue weighted by atomic mass is 10.2. The molecule has 0 radical (unpaired) electrons. The molecule has 0 aliphatic heterocycles. The van der Waals surface area contributed by atoms with Crippen LogP contribution >= 0.6 is 0 Å². The van der Waals surface area contributed by atoms with Crippen LogP contribution in [0.4, 0.5) is 5.69 Å². The Morgan fingerprint density at radius 2 is 1.44 bits per heavy atom. The van der Waals surface area contributed by atoms with Gasteiger partial charge in [-0.15, -0.1) is 0 Å². The standard InChI is InChI=1S/C31H29N3O6S/c1-2-3-21-39-27-19-13-25(14-20-27)31(36)40-28-17-9-23(10-18-28)22-32-33-30(35)24-11-15-26(16-12-24)34-41(37,38)29-7-5-4-6-8-29/h4-20,22,34H,2-3,21H2,1H3,(H,33,35)/b32-22-. The van der Waals surface area contributed by atoms with E-state index in [0.29, 0.717) is 40.5 Å². The highest BCUT2D eigenvalue weighted by atomic mass is 32.2. The maximum Gasteiger partial charge on any atom is 0.343 e. The van der Waals surface area contributed by atoms with Gasteiger partial charge in [0.05, 0.1) is 23.3 Å². The van der Waals surface area contributed by atoms with Crippen LogP contribution in [0, 0.1) is 0 Å². The van der Waals surface area contributed by atoms with Crippen LogP contribution in [0.2, 0.25) is 0 Å². The second-order valence-corrected chi connectivity index (χ2v) is 10.6. The minimum atomic E-state index is -3.73. The predicted octanol–water partition coefficient (Wildman–Crippen LogP) is 5.65. The largest absolute Gasteiger partial charge is 0.494 e. The Morgan fingerprint density at radius 1 is 0.805 bits per heavy atom. The Kier molecular flexibility index (Phi) is 9.85. The van der Waals surface area contributed by atoms with Gasteiger partial charge in [0.2, 0.25) is 0 Å². The fraction of sp³-hybridized carbons (Fsp3) is 0.129. The molecule has 10 heteroatoms. The van der Waals surface area contributed by atoms with E-state index in [1.807, 2.05) is 0 Å². The minimum Gasteiger partial charge on any atom is -0.494 e. The smallest absolute Gasteiger partial charge is 0.343 e. The molecule has 0 unspecified atom stereocenters. The fourth-order valence-corrected chi connectivity index (χ4v) is 4.62. The average Bonchev–Trinajstić information content (AvgIpc) is 2.99. The summed E-state index contributed by atoms with van der Waals surface area (Å²) in [6.07, 6.45) is 3.46. The van der Waals surface area contributed by atoms with E-state index in [9.17, 15) is 18.0 Å². The van der Waals surface area contributed by atoms with Gasteiger partial charge in [-0.05, 0) is 96.9 Å². The topological polar surface area (TPSA) is 123 Å². The summed E-state index contributed by atoms with van der Waals surface area (Å²) in [5.74, 6) is 0.111. The quantitative estimate of drug-likeness (QED) is 0.0745. The number of sulfonamides is 1. The maximum atomic E-state index is 12.4. The molecule has 0 heterocycles. The first-order valence-corrected chi connectivity index (χ1v) is 14.4. The molecule has 41 heavy (non-hydrogen) atoms. The average molecular weight is 572 g/mol. The number of carbonyl (C=O) groups is 2. The lowest BCUT2D eigenvalue weighted by Gasteiger charge is -2.08. The molecule has 210 valence electrons. The highest BCUT2D eigenvalue weighted by Gasteiger charge is 2.14. The molecule has 0 fully saturated rings. The lowest BCUT2D eigenvalue weighted by Crippen LogP contribution is -2.18. The van der Waals surface area contributed by atoms with E-state index in [-0.39, 0.29) is 4.90 Å². The van der Waals surface area contributed by atoms with E-state index in [4.69, 9.17) is 9.47 Å². The summed E-state index contributed by atoms with van der Waals surface area (Å²) in [5.41, 5.74) is 4.12. The van der Waals surface area contributed by atoms with Gasteiger partial charge in [0, 0.05) is 11.3 Å². The van der Waals surface area contributed by atoms with Gasteiger partial charge in [-0.25, -0.2) is 18.6 Å². The van der Waals surface area contributed by atoms with E-state index < -0.39 is 21.9 Å². The molecule has 0 aromatic heterocycles. The summed E-state index contributed by atoms with van der Waals surface area (Å²) >= 11 is 0. The summed E-state index contributed by atoms with van der Waals surface area (Å²) in [5, 5.41) is 3.96. The van der Waals surface area contributed by atoms with Crippen LogP contribution in [0.15, 0.2) is 113 Å². The Labute approximate surface area is 238 Å². The third kappa shape index (κ3) is 8.51. The molecule has 4 aromatic rings. The molecule has 0 saturated carbocycles. The number of hydrazone groups is 1. The zero-order chi connectivity index (χ0) is 29.1. The van der Waals surface area contributed by atoms with E-state index in [0.717, 1.165) is 12.8 Å². The van der Waals surface area contributed by atoms with Crippen LogP contribution < -0.4 is 19.6 Å². The first-order valence-electron chi connectivity index (χ1n) is 12.9. The number of nitrogens with one attached hydrogen (secondary N) is 2. The van der Waals surface area contributed by atoms with Crippen molar-refractivity contribution in [3.8, 4) is 11.5 Å². The first kappa shape index (κ1) is 29.0. The Hall–Kier alpha value is -4.96. The molecular formula is C31H29N3O6S. The summed E-state index contributed by atoms with van der Waals surface area (Å²) in [4.78, 5) is 25.0. The summed E-state index contributed by atoms with van der Waals surface area (Å²) in [7, 11) is -3.73. The van der Waals surface area contributed by atoms with Crippen molar-refractivity contribution in [2.24, 2.45) is 5.10 Å². The SMILES string of the molecule is CCCCOc1ccc(C(=O)Oc2ccc(/C=N\NC(=O)c3ccc(NS(=O)(=O)c4ccccc4)cc3)cc2)cc1. The molecular weight excluding hydrogens is 542 g/mol. The van der Waals surface area contributed by atoms with Gasteiger partial charge in [0.25, 0.3) is 15.9 Å². The van der Waals surface area contributed by atoms with Crippen molar-refractivity contribution in [1.29, 1.82) is 0 Å². The second-order valence-electron chi connectivity index (χ2n) is 8.88. The Morgan fingerprint density at radius 3 is 2.10 bits per heavy atom. The van der Waals surface area contributed by atoms with Gasteiger partial charge in [0.1, 0.15) is 11.5 Å². The van der Waals surface area contributed by atoms with Crippen LogP contribution in [-0.2, 0) is 10.0 Å². The third-order valence-corrected chi connectivity index (χ3v) is 7.18. The minimum absolute atomic E-state index is 0.140. The normalized spacial score (nSPS) is 11.1. The molecule has 4 aromatic carbocycles. The van der Waals surface area contributed by atoms with Gasteiger partial charge < -0.3 is 9.47 Å². The number of carbonyl (C=O) groups excluding carboxylic acids is 2. The van der Waals surface area contributed by atoms with Crippen molar-refractivity contribution in [3.63, 3.8) is 0 Å². The van der Waals surface area contributed by atoms with Crippen molar-refractivity contribution in [2.45, 2.75) is 24.7 Å². The van der Waals surface area contributed by atoms with Crippen molar-refractivity contribution in [3.05, 3.63) is 120 Å². The highest BCUT2D eigenvalue weighted by Crippen LogP contribution is 2.18. The number of hydrogen-bond acceptors (Lipinski definition) is 7. The second kappa shape index (κ2) is 13.9. The Bertz CT molecular complexity index is 1590. The maximum absolute atomic E-state index is 12.4. The van der Waals surface area contributed by atoms with E-state index >= 15 is 0 Å². The van der Waals surface area contributed by atoms with Crippen LogP contribution in [-0.4, -0.2) is 33.1 Å². The summed E-state index contributed by atoms with van der Waals surface area (Å²) in [6, 6.07) is 27.4. The number of unbranched alkanes of at least 4 members (excludes halogenated alkanes) is 1. The number of rotatable bonds is 12. The van der Waals surface area contributed by atoms with Crippen molar-refractivity contribution >= 4 is 33.8 Å². The third-order valence-electron chi connectivity index (χ3n) is 5.78. The zero-order valence-corrected chi connectivity index (χ0v) is 23.1. The lowest BCUT2D eigenvalue weighted by molar-refractivity contribution is 0.0734. The molecule has 4 rings (SSSR count). The fourth-order valence-electron chi connectivity index (χ4n) is 3.54. The van der Waals surface area contributed by atoms with Crippen molar-refractivity contribution in [2.75, 3.05) is 11.3 Å². The van der Waals surface area contributed by atoms with Crippen molar-refractivity contribution < 1.29 is 27.5 Å². The molecule has 0 aliphatic carbocycles. The number of ether oxygens (including phenoxy) is 2. The molecule has 0 aliphatic rings. The number of nitrogens with zero attached hydrogens (tertiary/aromatic N) is 1. The van der Waals surface area contributed by atoms with E-state index in [1.165, 1.54) is 42.6 Å². The van der Waals surface area contributed by atoms with Crippen LogP contribution in [0.25, 0.3) is 0 Å². The van der Waals surface area contributed by atoms with Gasteiger partial charge in [-0.1, -0.05) is 31.5 Å². The van der Waals surface area contributed by atoms with Crippen LogP contribution in [0.1, 0.15) is 46.0 Å². The van der Waals surface area contributed by atoms with Crippen molar-refractivity contribution in [1.82, 2.24) is 5.43 Å². The van der Waals surface area contributed by atoms with Gasteiger partial charge in [-0.2, -0.15) is 5.10 Å². The molecule has 0 spiro atoms. The van der Waals surface area contributed by atoms with Gasteiger partial charge >= 0.3 is 5.97 Å². The monoisotopic (exact) mass is 571 g/mol. The number of hydrogen-bond donors (Lipinski definition) is 2. The van der Waals surface area contributed by atoms with Gasteiger partial charge in [0.15, 0.2) is 0 Å². The Balaban J connectivity index is 1.26. The predicted molar refractivity (Wildman–Crippen MR) is 157 cm³/mol. The number of amides is 1. The van der Waals surface area contributed by atoms with Crippen LogP contribution in [0.5, 0.6) is 11.5 Å². The van der Waals surface area contributed by atoms with E-state index in [1.54, 1.807) is 66.7 Å². The number of esters is 1. The van der Waals surface area contributed by atoms with E-state index in [2.05, 4.69) is 22.2 Å². The molecule has 0 bridgehead atoms. The molecule has 0 atom stereocenters. The zero-order valence-electron chi connectivity index (χ0n) is 22.3. The first-order chi connectivity index (χ1) is 19.8. The molecule has 0 saturated heterocycles. The number of anilines is 1. The summed E-state index contributed by atoms with van der Waals surface area (Å²) < 4.78 is 38.4. The highest BCUT2D eigenvalue weighted by molar-refractivity contribution is 7.92. The number of benzene rings is 4. The molecule has 2 N–H and O–H groups in total. The van der Waals surface area contributed by atoms with Crippen LogP contribution in [0.3, 0.4) is 0 Å². The van der Waals surface area contributed by atoms with Gasteiger partial charge in [-0.3, -0.25) is 9.52 Å². The summed E-state index contributed by atoms with van der Waals surface area (Å²) in [6.45, 7) is 2.72. The molecule has 1 amide bonds. The molecule has 9 nitrogen and oxygen atoms in total.